The average molecular weight is 434 g/mol. The summed E-state index contributed by atoms with van der Waals surface area (Å²) in [7, 11) is -1.65. The average Bonchev–Trinajstić information content (AvgIpc) is 3.21. The molecule has 0 aliphatic carbocycles. The largest absolute Gasteiger partial charge is 0.364 e. The first-order valence-electron chi connectivity index (χ1n) is 10.1. The highest BCUT2D eigenvalue weighted by Crippen LogP contribution is 2.25. The maximum atomic E-state index is 12.6. The molecule has 0 radical (unpaired) electrons. The SMILES string of the molecule is CN=C(NCC(C)(C)c1ccccc1C)N1CCN(S(=O)(=O)Cc2ccon2)CC1. The first kappa shape index (κ1) is 22.3. The summed E-state index contributed by atoms with van der Waals surface area (Å²) in [4.78, 5) is 6.53. The van der Waals surface area contributed by atoms with Crippen LogP contribution in [0.4, 0.5) is 0 Å². The molecule has 0 spiro atoms. The lowest BCUT2D eigenvalue weighted by Gasteiger charge is -2.37. The van der Waals surface area contributed by atoms with Crippen LogP contribution in [0.1, 0.15) is 30.7 Å². The van der Waals surface area contributed by atoms with Crippen molar-refractivity contribution in [1.29, 1.82) is 0 Å². The first-order valence-corrected chi connectivity index (χ1v) is 11.7. The van der Waals surface area contributed by atoms with Gasteiger partial charge in [-0.1, -0.05) is 43.3 Å². The van der Waals surface area contributed by atoms with Crippen LogP contribution in [0, 0.1) is 6.92 Å². The summed E-state index contributed by atoms with van der Waals surface area (Å²) >= 11 is 0. The number of nitrogens with zero attached hydrogens (tertiary/aromatic N) is 4. The molecule has 3 rings (SSSR count). The lowest BCUT2D eigenvalue weighted by molar-refractivity contribution is 0.258. The molecule has 0 amide bonds. The number of benzene rings is 1. The van der Waals surface area contributed by atoms with Crippen molar-refractivity contribution < 1.29 is 12.9 Å². The van der Waals surface area contributed by atoms with Gasteiger partial charge in [-0.05, 0) is 18.1 Å². The van der Waals surface area contributed by atoms with E-state index in [-0.39, 0.29) is 11.2 Å². The molecular weight excluding hydrogens is 402 g/mol. The van der Waals surface area contributed by atoms with E-state index in [1.165, 1.54) is 21.7 Å². The third-order valence-electron chi connectivity index (χ3n) is 5.53. The highest BCUT2D eigenvalue weighted by molar-refractivity contribution is 7.88. The summed E-state index contributed by atoms with van der Waals surface area (Å²) in [5, 5.41) is 7.19. The fraction of sp³-hybridized carbons (Fsp3) is 0.524. The van der Waals surface area contributed by atoms with E-state index in [1.54, 1.807) is 13.1 Å². The fourth-order valence-electron chi connectivity index (χ4n) is 3.83. The van der Waals surface area contributed by atoms with Crippen molar-refractivity contribution in [1.82, 2.24) is 19.7 Å². The monoisotopic (exact) mass is 433 g/mol. The number of aliphatic imine (C=N–C) groups is 1. The highest BCUT2D eigenvalue weighted by Gasteiger charge is 2.30. The lowest BCUT2D eigenvalue weighted by atomic mass is 9.82. The van der Waals surface area contributed by atoms with Gasteiger partial charge in [0.15, 0.2) is 5.96 Å². The number of guanidine groups is 1. The Kier molecular flexibility index (Phi) is 6.82. The van der Waals surface area contributed by atoms with E-state index in [1.807, 2.05) is 0 Å². The van der Waals surface area contributed by atoms with Crippen LogP contribution < -0.4 is 5.32 Å². The van der Waals surface area contributed by atoms with Gasteiger partial charge in [-0.2, -0.15) is 4.31 Å². The Morgan fingerprint density at radius 1 is 1.20 bits per heavy atom. The predicted molar refractivity (Wildman–Crippen MR) is 118 cm³/mol. The molecule has 0 bridgehead atoms. The van der Waals surface area contributed by atoms with E-state index in [2.05, 4.69) is 65.4 Å². The molecule has 0 unspecified atom stereocenters. The molecular formula is C21H31N5O3S. The maximum Gasteiger partial charge on any atom is 0.220 e. The second-order valence-corrected chi connectivity index (χ2v) is 10.2. The molecule has 8 nitrogen and oxygen atoms in total. The van der Waals surface area contributed by atoms with Gasteiger partial charge in [0.25, 0.3) is 0 Å². The van der Waals surface area contributed by atoms with Gasteiger partial charge in [0.1, 0.15) is 12.0 Å². The third kappa shape index (κ3) is 5.20. The quantitative estimate of drug-likeness (QED) is 0.553. The van der Waals surface area contributed by atoms with Crippen molar-refractivity contribution in [2.75, 3.05) is 39.8 Å². The van der Waals surface area contributed by atoms with Gasteiger partial charge in [-0.3, -0.25) is 4.99 Å². The molecule has 1 saturated heterocycles. The minimum absolute atomic E-state index is 0.0654. The van der Waals surface area contributed by atoms with Crippen molar-refractivity contribution in [3.05, 3.63) is 53.4 Å². The van der Waals surface area contributed by atoms with E-state index in [9.17, 15) is 8.42 Å². The molecule has 9 heteroatoms. The summed E-state index contributed by atoms with van der Waals surface area (Å²) in [6.07, 6.45) is 1.39. The standard InChI is InChI=1S/C21H31N5O3S/c1-17-7-5-6-8-19(17)21(2,3)16-23-20(22-4)25-10-12-26(13-11-25)30(27,28)15-18-9-14-29-24-18/h5-9,14H,10-13,15-16H2,1-4H3,(H,22,23). The topological polar surface area (TPSA) is 91.0 Å². The van der Waals surface area contributed by atoms with Gasteiger partial charge < -0.3 is 14.7 Å². The molecule has 1 N–H and O–H groups in total. The molecule has 2 heterocycles. The van der Waals surface area contributed by atoms with Crippen LogP contribution in [0.15, 0.2) is 46.1 Å². The van der Waals surface area contributed by atoms with Crippen LogP contribution >= 0.6 is 0 Å². The van der Waals surface area contributed by atoms with E-state index in [0.717, 1.165) is 12.5 Å². The van der Waals surface area contributed by atoms with Crippen LogP contribution in [0.2, 0.25) is 0 Å². The van der Waals surface area contributed by atoms with E-state index in [4.69, 9.17) is 4.52 Å². The number of piperazine rings is 1. The van der Waals surface area contributed by atoms with Gasteiger partial charge >= 0.3 is 0 Å². The van der Waals surface area contributed by atoms with E-state index >= 15 is 0 Å². The van der Waals surface area contributed by atoms with Crippen molar-refractivity contribution >= 4 is 16.0 Å². The Balaban J connectivity index is 1.57. The fourth-order valence-corrected chi connectivity index (χ4v) is 5.25. The maximum absolute atomic E-state index is 12.6. The minimum atomic E-state index is -3.41. The number of rotatable bonds is 6. The van der Waals surface area contributed by atoms with Gasteiger partial charge in [0.2, 0.25) is 10.0 Å². The molecule has 1 fully saturated rings. The molecule has 2 aromatic rings. The van der Waals surface area contributed by atoms with Crippen LogP contribution in [-0.2, 0) is 21.2 Å². The Morgan fingerprint density at radius 3 is 2.50 bits per heavy atom. The number of hydrogen-bond acceptors (Lipinski definition) is 5. The highest BCUT2D eigenvalue weighted by atomic mass is 32.2. The Labute approximate surface area is 179 Å². The number of aromatic nitrogens is 1. The lowest BCUT2D eigenvalue weighted by Crippen LogP contribution is -2.55. The molecule has 30 heavy (non-hydrogen) atoms. The van der Waals surface area contributed by atoms with Crippen molar-refractivity contribution in [3.8, 4) is 0 Å². The molecule has 0 atom stereocenters. The Hall–Kier alpha value is -2.39. The molecule has 0 saturated carbocycles. The van der Waals surface area contributed by atoms with E-state index < -0.39 is 10.0 Å². The zero-order chi connectivity index (χ0) is 21.8. The summed E-state index contributed by atoms with van der Waals surface area (Å²) in [5.74, 6) is 0.659. The van der Waals surface area contributed by atoms with Gasteiger partial charge in [-0.15, -0.1) is 0 Å². The molecule has 164 valence electrons. The minimum Gasteiger partial charge on any atom is -0.364 e. The predicted octanol–water partition coefficient (Wildman–Crippen LogP) is 1.98. The van der Waals surface area contributed by atoms with Crippen LogP contribution in [0.25, 0.3) is 0 Å². The Morgan fingerprint density at radius 2 is 1.90 bits per heavy atom. The summed E-state index contributed by atoms with van der Waals surface area (Å²) in [6.45, 7) is 9.29. The van der Waals surface area contributed by atoms with Crippen LogP contribution in [0.5, 0.6) is 0 Å². The first-order chi connectivity index (χ1) is 14.2. The van der Waals surface area contributed by atoms with Gasteiger partial charge in [0, 0.05) is 51.3 Å². The summed E-state index contributed by atoms with van der Waals surface area (Å²) < 4.78 is 31.5. The zero-order valence-electron chi connectivity index (χ0n) is 18.1. The van der Waals surface area contributed by atoms with Gasteiger partial charge in [-0.25, -0.2) is 8.42 Å². The molecule has 1 aliphatic rings. The van der Waals surface area contributed by atoms with Gasteiger partial charge in [0.05, 0.1) is 5.69 Å². The normalized spacial score (nSPS) is 16.7. The number of sulfonamides is 1. The van der Waals surface area contributed by atoms with E-state index in [0.29, 0.717) is 31.9 Å². The van der Waals surface area contributed by atoms with Crippen molar-refractivity contribution in [2.45, 2.75) is 31.9 Å². The molecule has 1 aliphatic heterocycles. The third-order valence-corrected chi connectivity index (χ3v) is 7.34. The number of aryl methyl sites for hydroxylation is 1. The van der Waals surface area contributed by atoms with Crippen molar-refractivity contribution in [3.63, 3.8) is 0 Å². The van der Waals surface area contributed by atoms with Crippen LogP contribution in [-0.4, -0.2) is 68.5 Å². The Bertz CT molecular complexity index is 962. The summed E-state index contributed by atoms with van der Waals surface area (Å²) in [5.41, 5.74) is 2.93. The number of nitrogens with one attached hydrogen (secondary N) is 1. The zero-order valence-corrected chi connectivity index (χ0v) is 18.9. The van der Waals surface area contributed by atoms with Crippen LogP contribution in [0.3, 0.4) is 0 Å². The number of hydrogen-bond donors (Lipinski definition) is 1. The van der Waals surface area contributed by atoms with Crippen molar-refractivity contribution in [2.24, 2.45) is 4.99 Å². The molecule has 1 aromatic carbocycles. The molecule has 1 aromatic heterocycles. The summed E-state index contributed by atoms with van der Waals surface area (Å²) in [6, 6.07) is 9.99. The smallest absolute Gasteiger partial charge is 0.220 e. The second kappa shape index (κ2) is 9.18. The second-order valence-electron chi connectivity index (χ2n) is 8.23.